The molecule has 30 heavy (non-hydrogen) atoms. The van der Waals surface area contributed by atoms with Crippen molar-refractivity contribution in [1.82, 2.24) is 5.43 Å². The van der Waals surface area contributed by atoms with Gasteiger partial charge in [-0.1, -0.05) is 0 Å². The predicted octanol–water partition coefficient (Wildman–Crippen LogP) is 4.66. The first-order chi connectivity index (χ1) is 14.4. The van der Waals surface area contributed by atoms with Crippen LogP contribution < -0.4 is 14.9 Å². The van der Waals surface area contributed by atoms with Crippen LogP contribution in [0, 0.1) is 10.1 Å². The fraction of sp³-hybridized carbons (Fsp3) is 0.200. The molecule has 0 aliphatic carbocycles. The number of carbonyl (C=O) groups excluding carboxylic acids is 1. The maximum atomic E-state index is 12.3. The van der Waals surface area contributed by atoms with Crippen LogP contribution in [0.25, 0.3) is 11.0 Å². The minimum atomic E-state index is -0.590. The minimum absolute atomic E-state index is 0.0134. The standard InChI is InChI=1S/C20H18BrN3O6/c1-3-28-17-10-18(29-4-2)15(21)8-13(17)11-22-23-20(25)19-9-12-7-14(24(26)27)5-6-16(12)30-19/h5-11H,3-4H2,1-2H3,(H,23,25)/b22-11+. The molecule has 1 amide bonds. The van der Waals surface area contributed by atoms with Crippen molar-refractivity contribution in [3.05, 3.63) is 62.3 Å². The number of hydrazone groups is 1. The largest absolute Gasteiger partial charge is 0.493 e. The molecule has 0 aliphatic rings. The molecule has 0 saturated carbocycles. The van der Waals surface area contributed by atoms with E-state index in [0.29, 0.717) is 41.2 Å². The fourth-order valence-corrected chi connectivity index (χ4v) is 3.14. The molecule has 156 valence electrons. The van der Waals surface area contributed by atoms with Crippen LogP contribution in [-0.2, 0) is 0 Å². The van der Waals surface area contributed by atoms with Gasteiger partial charge in [-0.05, 0) is 48.0 Å². The molecule has 3 aromatic rings. The van der Waals surface area contributed by atoms with Crippen molar-refractivity contribution in [1.29, 1.82) is 0 Å². The maximum absolute atomic E-state index is 12.3. The molecule has 0 fully saturated rings. The number of nitrogens with zero attached hydrogens (tertiary/aromatic N) is 2. The normalized spacial score (nSPS) is 11.0. The Morgan fingerprint density at radius 1 is 1.20 bits per heavy atom. The average molecular weight is 476 g/mol. The van der Waals surface area contributed by atoms with Crippen molar-refractivity contribution in [3.8, 4) is 11.5 Å². The van der Waals surface area contributed by atoms with Gasteiger partial charge in [0.25, 0.3) is 5.69 Å². The molecule has 1 heterocycles. The highest BCUT2D eigenvalue weighted by Gasteiger charge is 2.15. The lowest BCUT2D eigenvalue weighted by atomic mass is 10.2. The Labute approximate surface area is 179 Å². The van der Waals surface area contributed by atoms with E-state index in [1.54, 1.807) is 12.1 Å². The van der Waals surface area contributed by atoms with Crippen LogP contribution in [0.15, 0.2) is 50.4 Å². The van der Waals surface area contributed by atoms with Gasteiger partial charge >= 0.3 is 5.91 Å². The molecule has 0 atom stereocenters. The number of carbonyl (C=O) groups is 1. The summed E-state index contributed by atoms with van der Waals surface area (Å²) in [4.78, 5) is 22.7. The second kappa shape index (κ2) is 9.40. The Hall–Kier alpha value is -3.40. The maximum Gasteiger partial charge on any atom is 0.307 e. The van der Waals surface area contributed by atoms with Gasteiger partial charge in [0, 0.05) is 29.1 Å². The van der Waals surface area contributed by atoms with Gasteiger partial charge in [0.15, 0.2) is 5.76 Å². The zero-order valence-electron chi connectivity index (χ0n) is 16.2. The van der Waals surface area contributed by atoms with E-state index >= 15 is 0 Å². The Kier molecular flexibility index (Phi) is 6.68. The van der Waals surface area contributed by atoms with E-state index < -0.39 is 10.8 Å². The molecule has 10 heteroatoms. The summed E-state index contributed by atoms with van der Waals surface area (Å²) in [6.07, 6.45) is 1.44. The lowest BCUT2D eigenvalue weighted by molar-refractivity contribution is -0.384. The molecular formula is C20H18BrN3O6. The first kappa shape index (κ1) is 21.3. The number of halogens is 1. The summed E-state index contributed by atoms with van der Waals surface area (Å²) in [6, 6.07) is 9.03. The summed E-state index contributed by atoms with van der Waals surface area (Å²) in [5.74, 6) is 0.588. The van der Waals surface area contributed by atoms with Gasteiger partial charge in [-0.2, -0.15) is 5.10 Å². The second-order valence-electron chi connectivity index (χ2n) is 5.98. The third kappa shape index (κ3) is 4.77. The number of non-ortho nitro benzene ring substituents is 1. The van der Waals surface area contributed by atoms with Gasteiger partial charge < -0.3 is 13.9 Å². The quantitative estimate of drug-likeness (QED) is 0.287. The van der Waals surface area contributed by atoms with Crippen molar-refractivity contribution in [3.63, 3.8) is 0 Å². The fourth-order valence-electron chi connectivity index (χ4n) is 2.67. The van der Waals surface area contributed by atoms with E-state index in [-0.39, 0.29) is 11.4 Å². The number of rotatable bonds is 8. The summed E-state index contributed by atoms with van der Waals surface area (Å²) in [6.45, 7) is 4.70. The lowest BCUT2D eigenvalue weighted by Gasteiger charge is -2.12. The second-order valence-corrected chi connectivity index (χ2v) is 6.83. The highest BCUT2D eigenvalue weighted by Crippen LogP contribution is 2.32. The summed E-state index contributed by atoms with van der Waals surface area (Å²) in [7, 11) is 0. The van der Waals surface area contributed by atoms with Crippen LogP contribution in [0.2, 0.25) is 0 Å². The molecular weight excluding hydrogens is 458 g/mol. The third-order valence-electron chi connectivity index (χ3n) is 3.97. The number of fused-ring (bicyclic) bond motifs is 1. The van der Waals surface area contributed by atoms with E-state index in [1.807, 2.05) is 13.8 Å². The molecule has 0 saturated heterocycles. The number of nitro groups is 1. The molecule has 0 radical (unpaired) electrons. The van der Waals surface area contributed by atoms with Crippen molar-refractivity contribution >= 4 is 44.7 Å². The summed E-state index contributed by atoms with van der Waals surface area (Å²) >= 11 is 3.43. The van der Waals surface area contributed by atoms with Crippen LogP contribution in [-0.4, -0.2) is 30.3 Å². The molecule has 0 spiro atoms. The number of hydrogen-bond donors (Lipinski definition) is 1. The molecule has 2 aromatic carbocycles. The number of nitrogens with one attached hydrogen (secondary N) is 1. The highest BCUT2D eigenvalue weighted by atomic mass is 79.9. The van der Waals surface area contributed by atoms with Crippen molar-refractivity contribution in [2.75, 3.05) is 13.2 Å². The highest BCUT2D eigenvalue weighted by molar-refractivity contribution is 9.10. The number of benzene rings is 2. The monoisotopic (exact) mass is 475 g/mol. The average Bonchev–Trinajstić information content (AvgIpc) is 3.14. The van der Waals surface area contributed by atoms with Crippen LogP contribution >= 0.6 is 15.9 Å². The van der Waals surface area contributed by atoms with Gasteiger partial charge in [-0.25, -0.2) is 5.43 Å². The third-order valence-corrected chi connectivity index (χ3v) is 4.59. The Morgan fingerprint density at radius 3 is 2.63 bits per heavy atom. The molecule has 1 N–H and O–H groups in total. The Bertz CT molecular complexity index is 1130. The summed E-state index contributed by atoms with van der Waals surface area (Å²) in [5, 5.41) is 15.3. The zero-order chi connectivity index (χ0) is 21.7. The van der Waals surface area contributed by atoms with E-state index in [9.17, 15) is 14.9 Å². The van der Waals surface area contributed by atoms with E-state index in [2.05, 4.69) is 26.5 Å². The summed E-state index contributed by atoms with van der Waals surface area (Å²) < 4.78 is 17.3. The minimum Gasteiger partial charge on any atom is -0.493 e. The van der Waals surface area contributed by atoms with Crippen molar-refractivity contribution in [2.24, 2.45) is 5.10 Å². The Balaban J connectivity index is 1.77. The van der Waals surface area contributed by atoms with Crippen molar-refractivity contribution in [2.45, 2.75) is 13.8 Å². The number of nitro benzene ring substituents is 1. The van der Waals surface area contributed by atoms with Gasteiger partial charge in [0.05, 0.1) is 28.8 Å². The first-order valence-electron chi connectivity index (χ1n) is 9.03. The van der Waals surface area contributed by atoms with Gasteiger partial charge in [-0.15, -0.1) is 0 Å². The number of furan rings is 1. The number of ether oxygens (including phenoxy) is 2. The first-order valence-corrected chi connectivity index (χ1v) is 9.82. The molecule has 0 bridgehead atoms. The number of hydrogen-bond acceptors (Lipinski definition) is 7. The topological polar surface area (TPSA) is 116 Å². The van der Waals surface area contributed by atoms with E-state index in [1.165, 1.54) is 30.5 Å². The Morgan fingerprint density at radius 2 is 1.93 bits per heavy atom. The molecule has 0 aliphatic heterocycles. The van der Waals surface area contributed by atoms with Crippen LogP contribution in [0.4, 0.5) is 5.69 Å². The number of amides is 1. The zero-order valence-corrected chi connectivity index (χ0v) is 17.8. The van der Waals surface area contributed by atoms with E-state index in [0.717, 1.165) is 4.47 Å². The van der Waals surface area contributed by atoms with Crippen LogP contribution in [0.5, 0.6) is 11.5 Å². The summed E-state index contributed by atoms with van der Waals surface area (Å²) in [5.41, 5.74) is 3.29. The molecule has 9 nitrogen and oxygen atoms in total. The van der Waals surface area contributed by atoms with Gasteiger partial charge in [-0.3, -0.25) is 14.9 Å². The van der Waals surface area contributed by atoms with E-state index in [4.69, 9.17) is 13.9 Å². The predicted molar refractivity (Wildman–Crippen MR) is 114 cm³/mol. The van der Waals surface area contributed by atoms with Gasteiger partial charge in [0.1, 0.15) is 17.1 Å². The molecule has 3 rings (SSSR count). The SMILES string of the molecule is CCOc1cc(OCC)c(/C=N/NC(=O)c2cc3cc([N+](=O)[O-])ccc3o2)cc1Br. The van der Waals surface area contributed by atoms with Crippen molar-refractivity contribution < 1.29 is 23.6 Å². The van der Waals surface area contributed by atoms with Crippen LogP contribution in [0.3, 0.4) is 0 Å². The van der Waals surface area contributed by atoms with Gasteiger partial charge in [0.2, 0.25) is 0 Å². The molecule has 0 unspecified atom stereocenters. The smallest absolute Gasteiger partial charge is 0.307 e. The molecule has 1 aromatic heterocycles. The van der Waals surface area contributed by atoms with Crippen LogP contribution in [0.1, 0.15) is 30.0 Å². The lowest BCUT2D eigenvalue weighted by Crippen LogP contribution is -2.16.